The first-order valence-electron chi connectivity index (χ1n) is 14.3. The molecule has 6 aliphatic carbocycles. The summed E-state index contributed by atoms with van der Waals surface area (Å²) in [4.78, 5) is 46.3. The van der Waals surface area contributed by atoms with E-state index in [2.05, 4.69) is 42.5 Å². The van der Waals surface area contributed by atoms with Crippen molar-refractivity contribution in [2.75, 3.05) is 0 Å². The Morgan fingerprint density at radius 1 is 0.525 bits per heavy atom. The van der Waals surface area contributed by atoms with Crippen molar-refractivity contribution in [2.45, 2.75) is 35.5 Å². The molecule has 8 unspecified atom stereocenters. The van der Waals surface area contributed by atoms with E-state index in [1.165, 1.54) is 0 Å². The average molecular weight is 519 g/mol. The Bertz CT molecular complexity index is 1930. The van der Waals surface area contributed by atoms with E-state index in [0.29, 0.717) is 0 Å². The molecule has 8 atom stereocenters. The minimum atomic E-state index is -1.17. The van der Waals surface area contributed by atoms with Crippen molar-refractivity contribution in [3.05, 3.63) is 131 Å². The molecule has 6 aliphatic rings. The van der Waals surface area contributed by atoms with E-state index in [4.69, 9.17) is 0 Å². The molecule has 0 aliphatic heterocycles. The highest BCUT2D eigenvalue weighted by Gasteiger charge is 3.14. The largest absolute Gasteiger partial charge is 0.299 e. The van der Waals surface area contributed by atoms with Gasteiger partial charge in [0, 0.05) is 28.1 Å². The van der Waals surface area contributed by atoms with Crippen molar-refractivity contribution in [1.29, 1.82) is 0 Å². The molecule has 4 aromatic rings. The quantitative estimate of drug-likeness (QED) is 0.340. The minimum absolute atomic E-state index is 0.0711. The Labute approximate surface area is 232 Å². The number of ketones is 3. The summed E-state index contributed by atoms with van der Waals surface area (Å²) in [5.74, 6) is -0.956. The fourth-order valence-corrected chi connectivity index (χ4v) is 12.9. The maximum atomic E-state index is 16.1. The van der Waals surface area contributed by atoms with E-state index >= 15 is 14.4 Å². The van der Waals surface area contributed by atoms with E-state index in [1.807, 2.05) is 80.6 Å². The molecular weight excluding hydrogens is 492 g/mol. The van der Waals surface area contributed by atoms with Gasteiger partial charge < -0.3 is 0 Å². The van der Waals surface area contributed by atoms with Gasteiger partial charge in [-0.15, -0.1) is 0 Å². The molecule has 3 nitrogen and oxygen atoms in total. The van der Waals surface area contributed by atoms with Crippen LogP contribution in [-0.4, -0.2) is 17.3 Å². The van der Waals surface area contributed by atoms with Gasteiger partial charge in [-0.05, 0) is 33.4 Å². The predicted octanol–water partition coefficient (Wildman–Crippen LogP) is 5.74. The van der Waals surface area contributed by atoms with Gasteiger partial charge in [0.2, 0.25) is 0 Å². The Kier molecular flexibility index (Phi) is 3.16. The molecule has 4 aromatic carbocycles. The second kappa shape index (κ2) is 5.83. The van der Waals surface area contributed by atoms with Crippen LogP contribution in [0, 0.1) is 22.7 Å². The van der Waals surface area contributed by atoms with E-state index in [9.17, 15) is 0 Å². The maximum Gasteiger partial charge on any atom is 0.157 e. The Balaban J connectivity index is 1.56. The zero-order chi connectivity index (χ0) is 27.1. The van der Waals surface area contributed by atoms with Crippen molar-refractivity contribution >= 4 is 17.3 Å². The minimum Gasteiger partial charge on any atom is -0.299 e. The second-order valence-corrected chi connectivity index (χ2v) is 13.3. The molecule has 5 fully saturated rings. The fourth-order valence-electron chi connectivity index (χ4n) is 12.9. The van der Waals surface area contributed by atoms with Crippen LogP contribution in [0.4, 0.5) is 0 Å². The maximum absolute atomic E-state index is 16.1. The zero-order valence-corrected chi connectivity index (χ0v) is 22.3. The summed E-state index contributed by atoms with van der Waals surface area (Å²) < 4.78 is 0. The van der Waals surface area contributed by atoms with Crippen molar-refractivity contribution in [2.24, 2.45) is 22.7 Å². The lowest BCUT2D eigenvalue weighted by Crippen LogP contribution is -2.80. The van der Waals surface area contributed by atoms with E-state index in [0.717, 1.165) is 33.4 Å². The number of Topliss-reactive ketones (excluding diaryl/α,β-unsaturated/α-hetero) is 3. The summed E-state index contributed by atoms with van der Waals surface area (Å²) in [6.45, 7) is 4.02. The normalized spacial score (nSPS) is 43.5. The summed E-state index contributed by atoms with van der Waals surface area (Å²) in [6.07, 6.45) is 0. The molecule has 0 heterocycles. The molecule has 192 valence electrons. The molecule has 40 heavy (non-hydrogen) atoms. The highest BCUT2D eigenvalue weighted by molar-refractivity contribution is 6.32. The first-order chi connectivity index (χ1) is 19.4. The van der Waals surface area contributed by atoms with Gasteiger partial charge in [0.05, 0.1) is 16.2 Å². The number of hydrogen-bond acceptors (Lipinski definition) is 3. The molecular formula is C37H26O3. The molecule has 10 rings (SSSR count). The highest BCUT2D eigenvalue weighted by Crippen LogP contribution is 3.03. The van der Waals surface area contributed by atoms with Crippen LogP contribution in [0.25, 0.3) is 11.1 Å². The third-order valence-corrected chi connectivity index (χ3v) is 13.0. The van der Waals surface area contributed by atoms with E-state index in [-0.39, 0.29) is 17.3 Å². The van der Waals surface area contributed by atoms with Gasteiger partial charge in [-0.3, -0.25) is 14.4 Å². The van der Waals surface area contributed by atoms with Gasteiger partial charge in [-0.1, -0.05) is 123 Å². The van der Waals surface area contributed by atoms with Gasteiger partial charge in [-0.25, -0.2) is 0 Å². The Hall–Kier alpha value is -4.11. The van der Waals surface area contributed by atoms with Crippen LogP contribution in [0.3, 0.4) is 0 Å². The van der Waals surface area contributed by atoms with Crippen LogP contribution in [0.15, 0.2) is 109 Å². The third kappa shape index (κ3) is 1.38. The molecule has 0 amide bonds. The lowest BCUT2D eigenvalue weighted by molar-refractivity contribution is -0.173. The molecule has 2 spiro atoms. The molecule has 0 radical (unpaired) electrons. The second-order valence-electron chi connectivity index (χ2n) is 13.3. The topological polar surface area (TPSA) is 51.2 Å². The number of fused-ring (bicyclic) bond motifs is 5. The van der Waals surface area contributed by atoms with Crippen molar-refractivity contribution in [3.8, 4) is 11.1 Å². The van der Waals surface area contributed by atoms with Gasteiger partial charge in [0.15, 0.2) is 5.78 Å². The summed E-state index contributed by atoms with van der Waals surface area (Å²) in [6, 6.07) is 36.9. The number of carbonyl (C=O) groups excluding carboxylic acids is 3. The van der Waals surface area contributed by atoms with Crippen molar-refractivity contribution in [3.63, 3.8) is 0 Å². The standard InChI is InChI=1S/C37H26O3/c1-32-28-27(38)29-33(2,30(32)39)37-26-20-12-10-18-24(26)23-17-9-11-19-25(23)36(29,37)34(28,21-13-5-3-6-14-21)31(40)35(32,37)22-15-7-4-8-16-22/h3-20,28-29H,1-2H3. The fraction of sp³-hybridized carbons (Fsp3) is 0.270. The van der Waals surface area contributed by atoms with E-state index in [1.54, 1.807) is 0 Å². The Morgan fingerprint density at radius 3 is 1.70 bits per heavy atom. The molecule has 3 heteroatoms. The number of rotatable bonds is 2. The number of carbonyl (C=O) groups is 3. The first kappa shape index (κ1) is 21.7. The first-order valence-corrected chi connectivity index (χ1v) is 14.3. The summed E-state index contributed by atoms with van der Waals surface area (Å²) >= 11 is 0. The highest BCUT2D eigenvalue weighted by atomic mass is 16.2. The summed E-state index contributed by atoms with van der Waals surface area (Å²) in [7, 11) is 0. The van der Waals surface area contributed by atoms with Crippen molar-refractivity contribution in [1.82, 2.24) is 0 Å². The zero-order valence-electron chi connectivity index (χ0n) is 22.3. The third-order valence-electron chi connectivity index (χ3n) is 13.0. The van der Waals surface area contributed by atoms with Gasteiger partial charge in [0.1, 0.15) is 11.6 Å². The van der Waals surface area contributed by atoms with Crippen LogP contribution in [0.5, 0.6) is 0 Å². The Morgan fingerprint density at radius 2 is 1.05 bits per heavy atom. The monoisotopic (exact) mass is 518 g/mol. The summed E-state index contributed by atoms with van der Waals surface area (Å²) in [5, 5.41) is 0. The SMILES string of the molecule is CC12C(=O)C3(C)C4C(=O)C1C1(c5ccccc5)C(=O)C2(c2ccccc2)C32c3ccccc3-c3ccccc3C412. The molecule has 5 saturated carbocycles. The lowest BCUT2D eigenvalue weighted by atomic mass is 9.24. The molecule has 0 aromatic heterocycles. The van der Waals surface area contributed by atoms with Crippen molar-refractivity contribution < 1.29 is 14.4 Å². The smallest absolute Gasteiger partial charge is 0.157 e. The molecule has 2 bridgehead atoms. The van der Waals surface area contributed by atoms with Crippen LogP contribution in [0.1, 0.15) is 36.1 Å². The lowest BCUT2D eigenvalue weighted by Gasteiger charge is -2.74. The van der Waals surface area contributed by atoms with Crippen LogP contribution in [-0.2, 0) is 36.0 Å². The van der Waals surface area contributed by atoms with Crippen LogP contribution in [0.2, 0.25) is 0 Å². The van der Waals surface area contributed by atoms with Gasteiger partial charge in [0.25, 0.3) is 0 Å². The van der Waals surface area contributed by atoms with Crippen LogP contribution < -0.4 is 0 Å². The predicted molar refractivity (Wildman–Crippen MR) is 150 cm³/mol. The van der Waals surface area contributed by atoms with Gasteiger partial charge in [-0.2, -0.15) is 0 Å². The molecule has 0 N–H and O–H groups in total. The number of hydrogen-bond donors (Lipinski definition) is 0. The summed E-state index contributed by atoms with van der Waals surface area (Å²) in [5.41, 5.74) is -0.0941. The van der Waals surface area contributed by atoms with Gasteiger partial charge >= 0.3 is 0 Å². The van der Waals surface area contributed by atoms with Crippen LogP contribution >= 0.6 is 0 Å². The number of benzene rings is 4. The molecule has 0 saturated heterocycles. The van der Waals surface area contributed by atoms with E-state index < -0.39 is 44.3 Å². The average Bonchev–Trinajstić information content (AvgIpc) is 3.38.